The van der Waals surface area contributed by atoms with E-state index in [4.69, 9.17) is 16.3 Å². The molecule has 0 saturated carbocycles. The zero-order valence-corrected chi connectivity index (χ0v) is 19.7. The highest BCUT2D eigenvalue weighted by Gasteiger charge is 2.20. The Hall–Kier alpha value is -2.34. The third-order valence-corrected chi connectivity index (χ3v) is 7.32. The fraction of sp³-hybridized carbons (Fsp3) is 0.316. The SMILES string of the molecule is CN(C)S(=O)(=O)c1ccc(OCCNC(=O)CN(c2ccc(Cl)cc2)S(C)(=O)=O)cc1. The molecule has 0 spiro atoms. The monoisotopic (exact) mass is 489 g/mol. The van der Waals surface area contributed by atoms with Gasteiger partial charge >= 0.3 is 0 Å². The number of amides is 1. The second-order valence-electron chi connectivity index (χ2n) is 6.70. The number of halogens is 1. The minimum Gasteiger partial charge on any atom is -0.492 e. The molecule has 0 fully saturated rings. The summed E-state index contributed by atoms with van der Waals surface area (Å²) in [5.74, 6) is -0.0673. The number of benzene rings is 2. The van der Waals surface area contributed by atoms with Crippen molar-refractivity contribution >= 4 is 43.2 Å². The molecule has 9 nitrogen and oxygen atoms in total. The number of rotatable bonds is 10. The molecule has 1 amide bonds. The summed E-state index contributed by atoms with van der Waals surface area (Å²) in [6, 6.07) is 12.0. The predicted octanol–water partition coefficient (Wildman–Crippen LogP) is 1.55. The minimum absolute atomic E-state index is 0.116. The van der Waals surface area contributed by atoms with Crippen LogP contribution in [0.1, 0.15) is 0 Å². The lowest BCUT2D eigenvalue weighted by atomic mass is 10.3. The summed E-state index contributed by atoms with van der Waals surface area (Å²) in [4.78, 5) is 12.3. The number of nitrogens with one attached hydrogen (secondary N) is 1. The summed E-state index contributed by atoms with van der Waals surface area (Å²) in [7, 11) is -4.31. The number of hydrogen-bond donors (Lipinski definition) is 1. The molecule has 0 radical (unpaired) electrons. The summed E-state index contributed by atoms with van der Waals surface area (Å²) in [6.07, 6.45) is 1.01. The third-order valence-electron chi connectivity index (χ3n) is 4.10. The highest BCUT2D eigenvalue weighted by molar-refractivity contribution is 7.92. The normalized spacial score (nSPS) is 11.9. The number of ether oxygens (including phenoxy) is 1. The Morgan fingerprint density at radius 3 is 2.10 bits per heavy atom. The summed E-state index contributed by atoms with van der Waals surface area (Å²) >= 11 is 5.82. The average Bonchev–Trinajstić information content (AvgIpc) is 2.69. The van der Waals surface area contributed by atoms with Crippen LogP contribution in [0, 0.1) is 0 Å². The van der Waals surface area contributed by atoms with Crippen molar-refractivity contribution in [3.63, 3.8) is 0 Å². The highest BCUT2D eigenvalue weighted by Crippen LogP contribution is 2.20. The number of sulfonamides is 2. The molecule has 31 heavy (non-hydrogen) atoms. The highest BCUT2D eigenvalue weighted by atomic mass is 35.5. The lowest BCUT2D eigenvalue weighted by Gasteiger charge is -2.22. The predicted molar refractivity (Wildman–Crippen MR) is 119 cm³/mol. The van der Waals surface area contributed by atoms with E-state index in [9.17, 15) is 21.6 Å². The van der Waals surface area contributed by atoms with Crippen LogP contribution in [0.25, 0.3) is 0 Å². The Balaban J connectivity index is 1.88. The molecule has 0 atom stereocenters. The standard InChI is InChI=1S/C19H24ClN3O6S2/c1-22(2)31(27,28)18-10-8-17(9-11-18)29-13-12-21-19(24)14-23(30(3,25)26)16-6-4-15(20)5-7-16/h4-11H,12-14H2,1-3H3,(H,21,24). The van der Waals surface area contributed by atoms with Gasteiger partial charge in [-0.25, -0.2) is 21.1 Å². The van der Waals surface area contributed by atoms with Crippen molar-refractivity contribution in [1.29, 1.82) is 0 Å². The van der Waals surface area contributed by atoms with Crippen molar-refractivity contribution in [2.75, 3.05) is 44.4 Å². The summed E-state index contributed by atoms with van der Waals surface area (Å²) in [5.41, 5.74) is 0.325. The fourth-order valence-electron chi connectivity index (χ4n) is 2.47. The lowest BCUT2D eigenvalue weighted by molar-refractivity contribution is -0.119. The van der Waals surface area contributed by atoms with E-state index in [2.05, 4.69) is 5.32 Å². The van der Waals surface area contributed by atoms with Crippen molar-refractivity contribution in [2.45, 2.75) is 4.90 Å². The van der Waals surface area contributed by atoms with E-state index in [1.807, 2.05) is 0 Å². The van der Waals surface area contributed by atoms with Gasteiger partial charge in [-0.15, -0.1) is 0 Å². The quantitative estimate of drug-likeness (QED) is 0.506. The second kappa shape index (κ2) is 10.3. The molecule has 0 aliphatic rings. The van der Waals surface area contributed by atoms with Gasteiger partial charge in [0.25, 0.3) is 0 Å². The molecule has 12 heteroatoms. The first-order valence-corrected chi connectivity index (χ1v) is 12.7. The molecule has 0 unspecified atom stereocenters. The van der Waals surface area contributed by atoms with Gasteiger partial charge in [0.05, 0.1) is 23.4 Å². The van der Waals surface area contributed by atoms with E-state index in [1.165, 1.54) is 62.6 Å². The van der Waals surface area contributed by atoms with Crippen molar-refractivity contribution in [1.82, 2.24) is 9.62 Å². The summed E-state index contributed by atoms with van der Waals surface area (Å²) in [6.45, 7) is -0.141. The number of hydrogen-bond acceptors (Lipinski definition) is 6. The van der Waals surface area contributed by atoms with Crippen LogP contribution in [-0.2, 0) is 24.8 Å². The fourth-order valence-corrected chi connectivity index (χ4v) is 4.36. The lowest BCUT2D eigenvalue weighted by Crippen LogP contribution is -2.41. The number of nitrogens with zero attached hydrogens (tertiary/aromatic N) is 2. The van der Waals surface area contributed by atoms with E-state index >= 15 is 0 Å². The summed E-state index contributed by atoms with van der Waals surface area (Å²) < 4.78 is 55.8. The molecule has 2 rings (SSSR count). The van der Waals surface area contributed by atoms with E-state index in [-0.39, 0.29) is 18.0 Å². The van der Waals surface area contributed by atoms with Crippen molar-refractivity contribution in [2.24, 2.45) is 0 Å². The first-order valence-electron chi connectivity index (χ1n) is 9.06. The Kier molecular flexibility index (Phi) is 8.29. The maximum absolute atomic E-state index is 12.2. The molecular formula is C19H24ClN3O6S2. The molecule has 0 aliphatic carbocycles. The second-order valence-corrected chi connectivity index (χ2v) is 11.2. The van der Waals surface area contributed by atoms with E-state index in [1.54, 1.807) is 0 Å². The molecule has 2 aromatic rings. The van der Waals surface area contributed by atoms with Crippen LogP contribution in [0.4, 0.5) is 5.69 Å². The van der Waals surface area contributed by atoms with Crippen molar-refractivity contribution in [3.8, 4) is 5.75 Å². The molecule has 0 aliphatic heterocycles. The van der Waals surface area contributed by atoms with Crippen LogP contribution < -0.4 is 14.4 Å². The molecular weight excluding hydrogens is 466 g/mol. The molecule has 2 aromatic carbocycles. The van der Waals surface area contributed by atoms with Crippen molar-refractivity contribution in [3.05, 3.63) is 53.6 Å². The molecule has 0 saturated heterocycles. The summed E-state index contributed by atoms with van der Waals surface area (Å²) in [5, 5.41) is 3.04. The van der Waals surface area contributed by atoms with Crippen LogP contribution in [0.5, 0.6) is 5.75 Å². The molecule has 0 bridgehead atoms. The maximum Gasteiger partial charge on any atom is 0.242 e. The van der Waals surface area contributed by atoms with Gasteiger partial charge in [0.15, 0.2) is 0 Å². The molecule has 1 N–H and O–H groups in total. The topological polar surface area (TPSA) is 113 Å². The minimum atomic E-state index is -3.68. The van der Waals surface area contributed by atoms with Gasteiger partial charge in [0.2, 0.25) is 26.0 Å². The van der Waals surface area contributed by atoms with Crippen LogP contribution in [0.15, 0.2) is 53.4 Å². The van der Waals surface area contributed by atoms with E-state index in [0.717, 1.165) is 14.9 Å². The van der Waals surface area contributed by atoms with Crippen LogP contribution in [-0.4, -0.2) is 67.1 Å². The van der Waals surface area contributed by atoms with Crippen LogP contribution in [0.2, 0.25) is 5.02 Å². The van der Waals surface area contributed by atoms with E-state index < -0.39 is 32.5 Å². The van der Waals surface area contributed by atoms with Gasteiger partial charge in [0.1, 0.15) is 18.9 Å². The van der Waals surface area contributed by atoms with Gasteiger partial charge in [0, 0.05) is 19.1 Å². The van der Waals surface area contributed by atoms with Gasteiger partial charge in [-0.1, -0.05) is 11.6 Å². The smallest absolute Gasteiger partial charge is 0.242 e. The molecule has 0 aromatic heterocycles. The number of carbonyl (C=O) groups is 1. The van der Waals surface area contributed by atoms with Gasteiger partial charge in [-0.3, -0.25) is 9.10 Å². The average molecular weight is 490 g/mol. The Morgan fingerprint density at radius 2 is 1.58 bits per heavy atom. The van der Waals surface area contributed by atoms with Crippen LogP contribution in [0.3, 0.4) is 0 Å². The van der Waals surface area contributed by atoms with Gasteiger partial charge < -0.3 is 10.1 Å². The van der Waals surface area contributed by atoms with Gasteiger partial charge in [-0.05, 0) is 48.5 Å². The zero-order valence-electron chi connectivity index (χ0n) is 17.3. The zero-order chi connectivity index (χ0) is 23.2. The van der Waals surface area contributed by atoms with Crippen molar-refractivity contribution < 1.29 is 26.4 Å². The third kappa shape index (κ3) is 7.10. The maximum atomic E-state index is 12.2. The number of anilines is 1. The molecule has 0 heterocycles. The Labute approximate surface area is 187 Å². The first kappa shape index (κ1) is 24.9. The van der Waals surface area contributed by atoms with Gasteiger partial charge in [-0.2, -0.15) is 0 Å². The molecule has 170 valence electrons. The Morgan fingerprint density at radius 1 is 1.00 bits per heavy atom. The number of carbonyl (C=O) groups excluding carboxylic acids is 1. The van der Waals surface area contributed by atoms with E-state index in [0.29, 0.717) is 16.5 Å². The first-order chi connectivity index (χ1) is 14.4. The Bertz CT molecular complexity index is 1100. The largest absolute Gasteiger partial charge is 0.492 e. The van der Waals surface area contributed by atoms with Crippen LogP contribution >= 0.6 is 11.6 Å².